The van der Waals surface area contributed by atoms with Gasteiger partial charge in [0, 0.05) is 24.4 Å². The lowest BCUT2D eigenvalue weighted by molar-refractivity contribution is -0.146. The van der Waals surface area contributed by atoms with E-state index in [0.29, 0.717) is 17.8 Å². The molecule has 8 nitrogen and oxygen atoms in total. The fraction of sp³-hybridized carbons (Fsp3) is 0.789. The Kier molecular flexibility index (Phi) is 4.82. The number of rotatable bonds is 5. The molecule has 5 saturated carbocycles. The summed E-state index contributed by atoms with van der Waals surface area (Å²) in [7, 11) is 0. The first-order chi connectivity index (χ1) is 12.9. The van der Waals surface area contributed by atoms with Crippen LogP contribution in [0.1, 0.15) is 57.8 Å². The molecule has 0 aromatic rings. The molecule has 0 aromatic heterocycles. The van der Waals surface area contributed by atoms with E-state index in [0.717, 1.165) is 32.1 Å². The van der Waals surface area contributed by atoms with Gasteiger partial charge >= 0.3 is 11.8 Å². The second-order valence-corrected chi connectivity index (χ2v) is 8.95. The summed E-state index contributed by atoms with van der Waals surface area (Å²) in [6, 6.07) is 0.0822. The molecule has 5 fully saturated rings. The second kappa shape index (κ2) is 7.13. The van der Waals surface area contributed by atoms with Crippen LogP contribution in [0.25, 0.3) is 0 Å². The first kappa shape index (κ1) is 18.3. The van der Waals surface area contributed by atoms with Crippen molar-refractivity contribution in [2.75, 3.05) is 6.54 Å². The quantitative estimate of drug-likeness (QED) is 0.403. The zero-order valence-corrected chi connectivity index (χ0v) is 15.5. The minimum atomic E-state index is -0.882. The second-order valence-electron chi connectivity index (χ2n) is 8.95. The summed E-state index contributed by atoms with van der Waals surface area (Å²) in [6.07, 6.45) is 8.64. The number of hydrogen-bond acceptors (Lipinski definition) is 4. The third kappa shape index (κ3) is 4.09. The average molecular weight is 376 g/mol. The highest BCUT2D eigenvalue weighted by Crippen LogP contribution is 2.60. The van der Waals surface area contributed by atoms with Crippen LogP contribution >= 0.6 is 0 Å². The minimum absolute atomic E-state index is 0.0582. The van der Waals surface area contributed by atoms with Gasteiger partial charge in [0.15, 0.2) is 0 Å². The maximum Gasteiger partial charge on any atom is 0.327 e. The van der Waals surface area contributed by atoms with Crippen molar-refractivity contribution in [3.63, 3.8) is 0 Å². The number of amides is 4. The van der Waals surface area contributed by atoms with E-state index in [1.807, 2.05) is 0 Å². The molecule has 0 aromatic carbocycles. The van der Waals surface area contributed by atoms with Gasteiger partial charge in [-0.05, 0) is 69.1 Å². The number of hydrogen-bond donors (Lipinski definition) is 4. The first-order valence-corrected chi connectivity index (χ1v) is 10.1. The van der Waals surface area contributed by atoms with E-state index in [1.54, 1.807) is 0 Å². The summed E-state index contributed by atoms with van der Waals surface area (Å²) in [4.78, 5) is 47.6. The third-order valence-corrected chi connectivity index (χ3v) is 6.59. The van der Waals surface area contributed by atoms with Crippen LogP contribution in [-0.4, -0.2) is 36.2 Å². The fourth-order valence-electron chi connectivity index (χ4n) is 5.59. The topological polar surface area (TPSA) is 116 Å². The Morgan fingerprint density at radius 1 is 0.815 bits per heavy atom. The molecule has 27 heavy (non-hydrogen) atoms. The Bertz CT molecular complexity index is 623. The molecule has 0 aliphatic heterocycles. The lowest BCUT2D eigenvalue weighted by Crippen LogP contribution is -2.54. The van der Waals surface area contributed by atoms with Crippen LogP contribution in [0, 0.1) is 23.2 Å². The lowest BCUT2D eigenvalue weighted by atomic mass is 9.49. The molecule has 0 spiro atoms. The Balaban J connectivity index is 1.16. The molecule has 4 amide bonds. The Morgan fingerprint density at radius 2 is 1.41 bits per heavy atom. The van der Waals surface area contributed by atoms with Gasteiger partial charge in [-0.25, -0.2) is 0 Å². The van der Waals surface area contributed by atoms with Crippen molar-refractivity contribution in [2.45, 2.75) is 63.8 Å². The van der Waals surface area contributed by atoms with Crippen molar-refractivity contribution in [3.8, 4) is 0 Å². The Labute approximate surface area is 158 Å². The molecular weight excluding hydrogens is 348 g/mol. The highest BCUT2D eigenvalue weighted by Gasteiger charge is 2.54. The molecule has 148 valence electrons. The van der Waals surface area contributed by atoms with Gasteiger partial charge in [0.1, 0.15) is 0 Å². The molecule has 0 heterocycles. The molecule has 0 saturated heterocycles. The van der Waals surface area contributed by atoms with Crippen molar-refractivity contribution in [2.24, 2.45) is 23.2 Å². The van der Waals surface area contributed by atoms with Crippen molar-refractivity contribution < 1.29 is 19.2 Å². The summed E-state index contributed by atoms with van der Waals surface area (Å²) in [5, 5.41) is 5.46. The molecule has 5 aliphatic rings. The molecule has 4 N–H and O–H groups in total. The molecule has 8 heteroatoms. The zero-order valence-electron chi connectivity index (χ0n) is 15.5. The predicted molar refractivity (Wildman–Crippen MR) is 95.7 cm³/mol. The maximum atomic E-state index is 12.8. The van der Waals surface area contributed by atoms with Crippen LogP contribution < -0.4 is 21.5 Å². The largest absolute Gasteiger partial charge is 0.355 e. The number of nitrogens with one attached hydrogen (secondary N) is 4. The zero-order chi connectivity index (χ0) is 19.0. The molecule has 0 unspecified atom stereocenters. The van der Waals surface area contributed by atoms with Crippen LogP contribution in [0.15, 0.2) is 0 Å². The maximum absolute atomic E-state index is 12.8. The lowest BCUT2D eigenvalue weighted by Gasteiger charge is -2.55. The van der Waals surface area contributed by atoms with Crippen LogP contribution in [0.4, 0.5) is 0 Å². The van der Waals surface area contributed by atoms with E-state index < -0.39 is 17.7 Å². The van der Waals surface area contributed by atoms with Gasteiger partial charge in [-0.15, -0.1) is 0 Å². The van der Waals surface area contributed by atoms with Crippen molar-refractivity contribution >= 4 is 23.6 Å². The normalized spacial score (nSPS) is 33.3. The summed E-state index contributed by atoms with van der Waals surface area (Å²) < 4.78 is 0. The Morgan fingerprint density at radius 3 is 1.96 bits per heavy atom. The first-order valence-electron chi connectivity index (χ1n) is 10.1. The number of carbonyl (C=O) groups is 4. The number of carbonyl (C=O) groups excluding carboxylic acids is 4. The van der Waals surface area contributed by atoms with E-state index >= 15 is 0 Å². The van der Waals surface area contributed by atoms with E-state index in [9.17, 15) is 19.2 Å². The van der Waals surface area contributed by atoms with Crippen LogP contribution in [0.5, 0.6) is 0 Å². The standard InChI is InChI=1S/C19H28N4O4/c24-15(22-23-17(26)16(25)21-14-1-2-14)3-4-20-18(27)19-8-11-5-12(9-19)7-13(6-11)10-19/h11-14H,1-10H2,(H,20,27)(H,21,25)(H,22,24)(H,23,26). The van der Waals surface area contributed by atoms with Crippen LogP contribution in [0.2, 0.25) is 0 Å². The van der Waals surface area contributed by atoms with Crippen LogP contribution in [0.3, 0.4) is 0 Å². The molecule has 0 radical (unpaired) electrons. The molecule has 5 aliphatic carbocycles. The number of hydrazine groups is 1. The van der Waals surface area contributed by atoms with Crippen LogP contribution in [-0.2, 0) is 19.2 Å². The van der Waals surface area contributed by atoms with Gasteiger partial charge in [-0.1, -0.05) is 0 Å². The SMILES string of the molecule is O=C(CCNC(=O)C12CC3CC(CC(C3)C1)C2)NNC(=O)C(=O)NC1CC1. The molecule has 4 bridgehead atoms. The highest BCUT2D eigenvalue weighted by molar-refractivity contribution is 6.35. The average Bonchev–Trinajstić information content (AvgIpc) is 3.42. The summed E-state index contributed by atoms with van der Waals surface area (Å²) in [5.74, 6) is 0.114. The van der Waals surface area contributed by atoms with Gasteiger partial charge in [0.25, 0.3) is 0 Å². The third-order valence-electron chi connectivity index (χ3n) is 6.59. The van der Waals surface area contributed by atoms with Gasteiger partial charge in [0.2, 0.25) is 11.8 Å². The van der Waals surface area contributed by atoms with Crippen molar-refractivity contribution in [3.05, 3.63) is 0 Å². The summed E-state index contributed by atoms with van der Waals surface area (Å²) >= 11 is 0. The van der Waals surface area contributed by atoms with E-state index in [4.69, 9.17) is 0 Å². The monoisotopic (exact) mass is 376 g/mol. The van der Waals surface area contributed by atoms with E-state index in [1.165, 1.54) is 19.3 Å². The molecule has 5 rings (SSSR count). The van der Waals surface area contributed by atoms with Gasteiger partial charge in [0.05, 0.1) is 0 Å². The highest BCUT2D eigenvalue weighted by atomic mass is 16.2. The van der Waals surface area contributed by atoms with Gasteiger partial charge in [-0.2, -0.15) is 0 Å². The summed E-state index contributed by atoms with van der Waals surface area (Å²) in [6.45, 7) is 0.233. The molecule has 0 atom stereocenters. The molecular formula is C19H28N4O4. The summed E-state index contributed by atoms with van der Waals surface area (Å²) in [5.41, 5.74) is 4.09. The van der Waals surface area contributed by atoms with Gasteiger partial charge < -0.3 is 10.6 Å². The predicted octanol–water partition coefficient (Wildman–Crippen LogP) is 0.135. The Hall–Kier alpha value is -2.12. The fourth-order valence-corrected chi connectivity index (χ4v) is 5.59. The smallest absolute Gasteiger partial charge is 0.327 e. The van der Waals surface area contributed by atoms with E-state index in [2.05, 4.69) is 21.5 Å². The van der Waals surface area contributed by atoms with Gasteiger partial charge in [-0.3, -0.25) is 30.0 Å². The van der Waals surface area contributed by atoms with E-state index in [-0.39, 0.29) is 30.3 Å². The van der Waals surface area contributed by atoms with Crippen molar-refractivity contribution in [1.29, 1.82) is 0 Å². The minimum Gasteiger partial charge on any atom is -0.355 e. The van der Waals surface area contributed by atoms with Crippen molar-refractivity contribution in [1.82, 2.24) is 21.5 Å².